The summed E-state index contributed by atoms with van der Waals surface area (Å²) in [5.74, 6) is 0.974. The van der Waals surface area contributed by atoms with Crippen LogP contribution in [0, 0.1) is 5.92 Å². The number of likely N-dealkylation sites (tertiary alicyclic amines) is 1. The van der Waals surface area contributed by atoms with E-state index in [1.54, 1.807) is 34.7 Å². The molecule has 6 nitrogen and oxygen atoms in total. The quantitative estimate of drug-likeness (QED) is 0.662. The maximum atomic E-state index is 13.3. The molecule has 2 aliphatic rings. The van der Waals surface area contributed by atoms with Crippen LogP contribution in [0.5, 0.6) is 0 Å². The highest BCUT2D eigenvalue weighted by atomic mass is 32.1. The van der Waals surface area contributed by atoms with E-state index in [0.29, 0.717) is 24.8 Å². The predicted molar refractivity (Wildman–Crippen MR) is 108 cm³/mol. The van der Waals surface area contributed by atoms with E-state index < -0.39 is 0 Å². The second-order valence-corrected chi connectivity index (χ2v) is 9.07. The van der Waals surface area contributed by atoms with E-state index in [-0.39, 0.29) is 17.5 Å². The van der Waals surface area contributed by atoms with Gasteiger partial charge in [0.05, 0.1) is 18.0 Å². The summed E-state index contributed by atoms with van der Waals surface area (Å²) in [6.45, 7) is 3.51. The lowest BCUT2D eigenvalue weighted by atomic mass is 9.89. The average molecular weight is 398 g/mol. The summed E-state index contributed by atoms with van der Waals surface area (Å²) in [5, 5.41) is 0.837. The van der Waals surface area contributed by atoms with E-state index in [1.807, 2.05) is 4.57 Å². The van der Waals surface area contributed by atoms with Gasteiger partial charge in [0, 0.05) is 24.0 Å². The van der Waals surface area contributed by atoms with Crippen molar-refractivity contribution in [2.75, 3.05) is 13.1 Å². The van der Waals surface area contributed by atoms with Gasteiger partial charge in [-0.15, -0.1) is 11.3 Å². The Kier molecular flexibility index (Phi) is 4.34. The highest BCUT2D eigenvalue weighted by molar-refractivity contribution is 7.18. The standard InChI is InChI=1S/C21H23N3O3S/c1-13-4-5-15-17(11-13)28-19-18(15)21(26)24(12-22-19)14-6-8-23(9-7-14)20(25)16-3-2-10-27-16/h2-3,10,12-14H,4-9,11H2,1H3. The second kappa shape index (κ2) is 6.88. The van der Waals surface area contributed by atoms with Crippen molar-refractivity contribution >= 4 is 27.5 Å². The molecule has 0 spiro atoms. The van der Waals surface area contributed by atoms with Gasteiger partial charge in [-0.25, -0.2) is 4.98 Å². The second-order valence-electron chi connectivity index (χ2n) is 7.99. The molecule has 1 unspecified atom stereocenters. The Morgan fingerprint density at radius 3 is 2.86 bits per heavy atom. The Balaban J connectivity index is 1.39. The van der Waals surface area contributed by atoms with Crippen molar-refractivity contribution in [2.24, 2.45) is 5.92 Å². The zero-order valence-electron chi connectivity index (χ0n) is 15.9. The third kappa shape index (κ3) is 2.89. The number of hydrogen-bond donors (Lipinski definition) is 0. The molecule has 1 aliphatic heterocycles. The number of carbonyl (C=O) groups excluding carboxylic acids is 1. The van der Waals surface area contributed by atoms with E-state index in [0.717, 1.165) is 42.3 Å². The van der Waals surface area contributed by atoms with Gasteiger partial charge in [0.1, 0.15) is 4.83 Å². The number of furan rings is 1. The number of amides is 1. The van der Waals surface area contributed by atoms with Crippen molar-refractivity contribution in [1.82, 2.24) is 14.5 Å². The first-order chi connectivity index (χ1) is 13.6. The molecule has 28 heavy (non-hydrogen) atoms. The maximum absolute atomic E-state index is 13.3. The van der Waals surface area contributed by atoms with Gasteiger partial charge in [0.2, 0.25) is 0 Å². The van der Waals surface area contributed by atoms with Crippen LogP contribution in [0.2, 0.25) is 0 Å². The lowest BCUT2D eigenvalue weighted by molar-refractivity contribution is 0.0661. The Morgan fingerprint density at radius 1 is 1.29 bits per heavy atom. The summed E-state index contributed by atoms with van der Waals surface area (Å²) in [7, 11) is 0. The molecular weight excluding hydrogens is 374 g/mol. The highest BCUT2D eigenvalue weighted by Gasteiger charge is 2.28. The van der Waals surface area contributed by atoms with Gasteiger partial charge in [-0.2, -0.15) is 0 Å². The summed E-state index contributed by atoms with van der Waals surface area (Å²) < 4.78 is 7.03. The predicted octanol–water partition coefficient (Wildman–Crippen LogP) is 3.65. The molecule has 1 fully saturated rings. The zero-order chi connectivity index (χ0) is 19.3. The first kappa shape index (κ1) is 17.7. The molecule has 5 rings (SSSR count). The fraction of sp³-hybridized carbons (Fsp3) is 0.476. The first-order valence-electron chi connectivity index (χ1n) is 9.96. The van der Waals surface area contributed by atoms with Crippen molar-refractivity contribution in [2.45, 2.75) is 45.1 Å². The molecule has 0 bridgehead atoms. The number of nitrogens with zero attached hydrogens (tertiary/aromatic N) is 3. The third-order valence-electron chi connectivity index (χ3n) is 6.12. The summed E-state index contributed by atoms with van der Waals surface area (Å²) in [6.07, 6.45) is 7.91. The van der Waals surface area contributed by atoms with Crippen molar-refractivity contribution in [3.63, 3.8) is 0 Å². The molecule has 1 atom stereocenters. The SMILES string of the molecule is CC1CCc2c(sc3ncn(C4CCN(C(=O)c5ccco5)CC4)c(=O)c23)C1. The Labute approximate surface area is 166 Å². The lowest BCUT2D eigenvalue weighted by Gasteiger charge is -2.32. The molecule has 1 amide bonds. The molecule has 0 aromatic carbocycles. The van der Waals surface area contributed by atoms with Crippen LogP contribution >= 0.6 is 11.3 Å². The Bertz CT molecular complexity index is 1070. The molecule has 146 valence electrons. The number of carbonyl (C=O) groups is 1. The number of aromatic nitrogens is 2. The fourth-order valence-corrected chi connectivity index (χ4v) is 5.85. The molecule has 0 radical (unpaired) electrons. The van der Waals surface area contributed by atoms with Crippen LogP contribution in [-0.2, 0) is 12.8 Å². The highest BCUT2D eigenvalue weighted by Crippen LogP contribution is 2.36. The topological polar surface area (TPSA) is 68.3 Å². The molecule has 1 saturated heterocycles. The molecule has 7 heteroatoms. The molecular formula is C21H23N3O3S. The van der Waals surface area contributed by atoms with Gasteiger partial charge >= 0.3 is 0 Å². The molecule has 0 N–H and O–H groups in total. The molecule has 0 saturated carbocycles. The minimum absolute atomic E-state index is 0.0783. The van der Waals surface area contributed by atoms with Gasteiger partial charge in [-0.3, -0.25) is 14.2 Å². The molecule has 3 aromatic rings. The van der Waals surface area contributed by atoms with Crippen LogP contribution in [0.3, 0.4) is 0 Å². The van der Waals surface area contributed by atoms with Crippen molar-refractivity contribution < 1.29 is 9.21 Å². The van der Waals surface area contributed by atoms with Crippen LogP contribution in [0.4, 0.5) is 0 Å². The van der Waals surface area contributed by atoms with Gasteiger partial charge in [0.25, 0.3) is 11.5 Å². The minimum Gasteiger partial charge on any atom is -0.459 e. The Morgan fingerprint density at radius 2 is 2.11 bits per heavy atom. The summed E-state index contributed by atoms with van der Waals surface area (Å²) in [5.41, 5.74) is 1.32. The van der Waals surface area contributed by atoms with Gasteiger partial charge in [0.15, 0.2) is 5.76 Å². The number of hydrogen-bond acceptors (Lipinski definition) is 5. The number of fused-ring (bicyclic) bond motifs is 3. The molecule has 3 aromatic heterocycles. The number of rotatable bonds is 2. The van der Waals surface area contributed by atoms with Crippen molar-refractivity contribution in [1.29, 1.82) is 0 Å². The minimum atomic E-state index is -0.0783. The van der Waals surface area contributed by atoms with E-state index in [2.05, 4.69) is 11.9 Å². The molecule has 1 aliphatic carbocycles. The van der Waals surface area contributed by atoms with Crippen LogP contribution < -0.4 is 5.56 Å². The van der Waals surface area contributed by atoms with Crippen molar-refractivity contribution in [3.05, 3.63) is 51.3 Å². The largest absolute Gasteiger partial charge is 0.459 e. The van der Waals surface area contributed by atoms with Gasteiger partial charge in [-0.05, 0) is 55.7 Å². The molecule has 4 heterocycles. The number of piperidine rings is 1. The van der Waals surface area contributed by atoms with E-state index >= 15 is 0 Å². The van der Waals surface area contributed by atoms with E-state index in [1.165, 1.54) is 16.7 Å². The maximum Gasteiger partial charge on any atom is 0.289 e. The van der Waals surface area contributed by atoms with Gasteiger partial charge in [-0.1, -0.05) is 6.92 Å². The fourth-order valence-electron chi connectivity index (χ4n) is 4.51. The third-order valence-corrected chi connectivity index (χ3v) is 7.28. The summed E-state index contributed by atoms with van der Waals surface area (Å²) in [6, 6.07) is 3.50. The van der Waals surface area contributed by atoms with E-state index in [4.69, 9.17) is 4.42 Å². The summed E-state index contributed by atoms with van der Waals surface area (Å²) in [4.78, 5) is 34.4. The zero-order valence-corrected chi connectivity index (χ0v) is 16.7. The smallest absolute Gasteiger partial charge is 0.289 e. The van der Waals surface area contributed by atoms with Crippen LogP contribution in [0.25, 0.3) is 10.2 Å². The lowest BCUT2D eigenvalue weighted by Crippen LogP contribution is -2.40. The van der Waals surface area contributed by atoms with Crippen molar-refractivity contribution in [3.8, 4) is 0 Å². The summed E-state index contributed by atoms with van der Waals surface area (Å²) >= 11 is 1.69. The number of thiophene rings is 1. The number of aryl methyl sites for hydroxylation is 1. The monoisotopic (exact) mass is 397 g/mol. The normalized spacial score (nSPS) is 20.5. The van der Waals surface area contributed by atoms with Crippen LogP contribution in [0.1, 0.15) is 53.2 Å². The van der Waals surface area contributed by atoms with E-state index in [9.17, 15) is 9.59 Å². The first-order valence-corrected chi connectivity index (χ1v) is 10.8. The Hall–Kier alpha value is -2.41. The van der Waals surface area contributed by atoms with Gasteiger partial charge < -0.3 is 9.32 Å². The van der Waals surface area contributed by atoms with Crippen LogP contribution in [-0.4, -0.2) is 33.4 Å². The average Bonchev–Trinajstić information content (AvgIpc) is 3.35. The van der Waals surface area contributed by atoms with Crippen LogP contribution in [0.15, 0.2) is 33.9 Å².